The van der Waals surface area contributed by atoms with Crippen LogP contribution in [-0.2, 0) is 18.9 Å². The van der Waals surface area contributed by atoms with Crippen molar-refractivity contribution in [2.75, 3.05) is 26.4 Å². The van der Waals surface area contributed by atoms with Gasteiger partial charge in [-0.2, -0.15) is 0 Å². The molecule has 0 bridgehead atoms. The van der Waals surface area contributed by atoms with Crippen LogP contribution in [0.4, 0.5) is 0 Å². The number of ether oxygens (including phenoxy) is 4. The third-order valence-corrected chi connectivity index (χ3v) is 9.88. The third kappa shape index (κ3) is 2.52. The molecule has 0 amide bonds. The van der Waals surface area contributed by atoms with E-state index in [-0.39, 0.29) is 22.4 Å². The van der Waals surface area contributed by atoms with E-state index >= 15 is 0 Å². The van der Waals surface area contributed by atoms with E-state index in [9.17, 15) is 0 Å². The molecule has 2 aliphatic heterocycles. The van der Waals surface area contributed by atoms with Gasteiger partial charge in [-0.15, -0.1) is 0 Å². The topological polar surface area (TPSA) is 36.9 Å². The van der Waals surface area contributed by atoms with Crippen molar-refractivity contribution in [1.29, 1.82) is 0 Å². The Bertz CT molecular complexity index is 757. The second kappa shape index (κ2) is 6.18. The van der Waals surface area contributed by atoms with Gasteiger partial charge in [0.25, 0.3) is 0 Å². The summed E-state index contributed by atoms with van der Waals surface area (Å²) < 4.78 is 24.4. The van der Waals surface area contributed by atoms with E-state index in [1.807, 2.05) is 0 Å². The Morgan fingerprint density at radius 1 is 0.759 bits per heavy atom. The summed E-state index contributed by atoms with van der Waals surface area (Å²) in [4.78, 5) is 0. The Balaban J connectivity index is 1.33. The average molecular weight is 401 g/mol. The molecule has 0 radical (unpaired) electrons. The monoisotopic (exact) mass is 400 g/mol. The number of rotatable bonds is 1. The van der Waals surface area contributed by atoms with Crippen LogP contribution in [0.1, 0.15) is 65.7 Å². The first-order valence-corrected chi connectivity index (χ1v) is 11.9. The summed E-state index contributed by atoms with van der Waals surface area (Å²) in [7, 11) is 0. The van der Waals surface area contributed by atoms with Crippen molar-refractivity contribution >= 4 is 0 Å². The Morgan fingerprint density at radius 3 is 2.24 bits per heavy atom. The lowest BCUT2D eigenvalue weighted by Gasteiger charge is -2.56. The lowest BCUT2D eigenvalue weighted by molar-refractivity contribution is -0.208. The minimum atomic E-state index is -0.384. The highest BCUT2D eigenvalue weighted by atomic mass is 16.7. The molecule has 4 aliphatic carbocycles. The SMILES string of the molecule is CC1([C@H]2CCC3C4=CC=C5CC6(CC[C@]5(C)C4CC[C@@]32C)OCCO6)OCCO1. The molecule has 6 rings (SSSR count). The fraction of sp³-hybridized carbons (Fsp3) is 0.840. The van der Waals surface area contributed by atoms with Gasteiger partial charge in [-0.1, -0.05) is 37.1 Å². The minimum absolute atomic E-state index is 0.272. The quantitative estimate of drug-likeness (QED) is 0.621. The Hall–Kier alpha value is -0.680. The molecule has 0 N–H and O–H groups in total. The maximum atomic E-state index is 6.15. The van der Waals surface area contributed by atoms with E-state index < -0.39 is 0 Å². The second-order valence-electron chi connectivity index (χ2n) is 11.1. The smallest absolute Gasteiger partial charge is 0.172 e. The van der Waals surface area contributed by atoms with Crippen molar-refractivity contribution in [3.63, 3.8) is 0 Å². The molecule has 3 saturated carbocycles. The molecule has 0 aromatic carbocycles. The van der Waals surface area contributed by atoms with Gasteiger partial charge in [0.05, 0.1) is 26.4 Å². The van der Waals surface area contributed by atoms with E-state index in [4.69, 9.17) is 18.9 Å². The number of hydrogen-bond donors (Lipinski definition) is 0. The molecular weight excluding hydrogens is 364 g/mol. The molecule has 0 aromatic rings. The van der Waals surface area contributed by atoms with Crippen molar-refractivity contribution in [3.05, 3.63) is 23.3 Å². The Labute approximate surface area is 175 Å². The predicted molar refractivity (Wildman–Crippen MR) is 110 cm³/mol. The zero-order chi connectivity index (χ0) is 19.9. The van der Waals surface area contributed by atoms with Gasteiger partial charge >= 0.3 is 0 Å². The maximum absolute atomic E-state index is 6.15. The van der Waals surface area contributed by atoms with Crippen LogP contribution in [-0.4, -0.2) is 38.0 Å². The number of hydrogen-bond acceptors (Lipinski definition) is 4. The zero-order valence-corrected chi connectivity index (χ0v) is 18.3. The summed E-state index contributed by atoms with van der Waals surface area (Å²) in [6.07, 6.45) is 13.2. The molecule has 2 heterocycles. The van der Waals surface area contributed by atoms with Crippen LogP contribution in [0.15, 0.2) is 23.3 Å². The van der Waals surface area contributed by atoms with Crippen molar-refractivity contribution in [2.45, 2.75) is 77.3 Å². The van der Waals surface area contributed by atoms with Crippen LogP contribution in [0.3, 0.4) is 0 Å². The highest BCUT2D eigenvalue weighted by Crippen LogP contribution is 2.67. The summed E-state index contributed by atoms with van der Waals surface area (Å²) >= 11 is 0. The van der Waals surface area contributed by atoms with Crippen LogP contribution in [0.5, 0.6) is 0 Å². The Morgan fingerprint density at radius 2 is 1.48 bits per heavy atom. The largest absolute Gasteiger partial charge is 0.348 e. The maximum Gasteiger partial charge on any atom is 0.172 e. The van der Waals surface area contributed by atoms with E-state index in [1.165, 1.54) is 32.1 Å². The van der Waals surface area contributed by atoms with Crippen molar-refractivity contribution < 1.29 is 18.9 Å². The molecule has 4 heteroatoms. The fourth-order valence-electron chi connectivity index (χ4n) is 8.29. The van der Waals surface area contributed by atoms with Gasteiger partial charge in [-0.25, -0.2) is 0 Å². The Kier molecular flexibility index (Phi) is 4.06. The van der Waals surface area contributed by atoms with Crippen LogP contribution in [0.25, 0.3) is 0 Å². The van der Waals surface area contributed by atoms with Crippen LogP contribution >= 0.6 is 0 Å². The molecular formula is C25H36O4. The lowest BCUT2D eigenvalue weighted by Crippen LogP contribution is -2.51. The first kappa shape index (κ1) is 19.0. The number of allylic oxidation sites excluding steroid dienone is 3. The molecule has 1 spiro atoms. The van der Waals surface area contributed by atoms with Crippen molar-refractivity contribution in [3.8, 4) is 0 Å². The summed E-state index contributed by atoms with van der Waals surface area (Å²) in [5, 5.41) is 0. The second-order valence-corrected chi connectivity index (χ2v) is 11.1. The average Bonchev–Trinajstić information content (AvgIpc) is 3.42. The fourth-order valence-corrected chi connectivity index (χ4v) is 8.29. The van der Waals surface area contributed by atoms with Crippen LogP contribution in [0, 0.1) is 28.6 Å². The first-order valence-electron chi connectivity index (χ1n) is 11.9. The van der Waals surface area contributed by atoms with E-state index in [0.717, 1.165) is 39.3 Å². The van der Waals surface area contributed by atoms with Crippen molar-refractivity contribution in [2.24, 2.45) is 28.6 Å². The number of fused-ring (bicyclic) bond motifs is 5. The van der Waals surface area contributed by atoms with Gasteiger partial charge in [-0.05, 0) is 61.7 Å². The summed E-state index contributed by atoms with van der Waals surface area (Å²) in [5.41, 5.74) is 3.84. The van der Waals surface area contributed by atoms with E-state index in [1.54, 1.807) is 11.1 Å². The first-order chi connectivity index (χ1) is 13.9. The van der Waals surface area contributed by atoms with Gasteiger partial charge in [0.2, 0.25) is 0 Å². The van der Waals surface area contributed by atoms with E-state index in [0.29, 0.717) is 17.8 Å². The molecule has 5 atom stereocenters. The van der Waals surface area contributed by atoms with E-state index in [2.05, 4.69) is 32.9 Å². The van der Waals surface area contributed by atoms with Gasteiger partial charge in [0, 0.05) is 18.8 Å². The van der Waals surface area contributed by atoms with Crippen LogP contribution < -0.4 is 0 Å². The molecule has 2 unspecified atom stereocenters. The third-order valence-electron chi connectivity index (χ3n) is 9.88. The zero-order valence-electron chi connectivity index (χ0n) is 18.3. The molecule has 29 heavy (non-hydrogen) atoms. The normalized spacial score (nSPS) is 47.3. The summed E-state index contributed by atoms with van der Waals surface area (Å²) in [5.74, 6) is 1.13. The van der Waals surface area contributed by atoms with Crippen LogP contribution in [0.2, 0.25) is 0 Å². The standard InChI is InChI=1S/C25H36O4/c1-22-10-11-25(28-14-15-29-25)16-17(22)4-5-18-19-6-7-21(24(3)26-12-13-27-24)23(19,2)9-8-20(18)22/h4-5,19-21H,6-16H2,1-3H3/t19?,20?,21-,22-,23-/m0/s1. The molecule has 2 saturated heterocycles. The minimum Gasteiger partial charge on any atom is -0.348 e. The van der Waals surface area contributed by atoms with Gasteiger partial charge in [-0.3, -0.25) is 0 Å². The predicted octanol–water partition coefficient (Wildman–Crippen LogP) is 4.99. The highest BCUT2D eigenvalue weighted by molar-refractivity contribution is 5.39. The van der Waals surface area contributed by atoms with Gasteiger partial charge in [0.1, 0.15) is 0 Å². The molecule has 160 valence electrons. The summed E-state index contributed by atoms with van der Waals surface area (Å²) in [6, 6.07) is 0. The molecule has 5 fully saturated rings. The van der Waals surface area contributed by atoms with Crippen molar-refractivity contribution in [1.82, 2.24) is 0 Å². The molecule has 6 aliphatic rings. The lowest BCUT2D eigenvalue weighted by atomic mass is 9.50. The molecule has 4 nitrogen and oxygen atoms in total. The highest BCUT2D eigenvalue weighted by Gasteiger charge is 2.62. The van der Waals surface area contributed by atoms with Gasteiger partial charge in [0.15, 0.2) is 11.6 Å². The van der Waals surface area contributed by atoms with Gasteiger partial charge < -0.3 is 18.9 Å². The summed E-state index contributed by atoms with van der Waals surface area (Å²) in [6.45, 7) is 10.2. The molecule has 0 aromatic heterocycles.